The highest BCUT2D eigenvalue weighted by atomic mass is 16.3. The first-order valence-corrected chi connectivity index (χ1v) is 20.8. The summed E-state index contributed by atoms with van der Waals surface area (Å²) in [7, 11) is 0. The van der Waals surface area contributed by atoms with Gasteiger partial charge in [0.05, 0.1) is 10.9 Å². The van der Waals surface area contributed by atoms with Gasteiger partial charge < -0.3 is 8.83 Å². The molecule has 0 bridgehead atoms. The van der Waals surface area contributed by atoms with Crippen LogP contribution in [0.15, 0.2) is 215 Å². The van der Waals surface area contributed by atoms with Crippen molar-refractivity contribution in [3.05, 3.63) is 223 Å². The van der Waals surface area contributed by atoms with Gasteiger partial charge in [-0.05, 0) is 87.2 Å². The number of para-hydroxylation sites is 5. The van der Waals surface area contributed by atoms with Gasteiger partial charge in [0.1, 0.15) is 16.7 Å². The molecule has 1 unspecified atom stereocenters. The van der Waals surface area contributed by atoms with E-state index in [0.717, 1.165) is 73.8 Å². The average molecular weight is 770 g/mol. The molecule has 12 rings (SSSR count). The van der Waals surface area contributed by atoms with Gasteiger partial charge in [-0.15, -0.1) is 0 Å². The minimum atomic E-state index is 0.184. The van der Waals surface area contributed by atoms with Crippen molar-refractivity contribution < 1.29 is 8.83 Å². The molecular weight excluding hydrogens is 731 g/mol. The second-order valence-electron chi connectivity index (χ2n) is 16.0. The summed E-state index contributed by atoms with van der Waals surface area (Å²) >= 11 is 0. The van der Waals surface area contributed by atoms with Gasteiger partial charge in [-0.25, -0.2) is 0 Å². The van der Waals surface area contributed by atoms with Crippen molar-refractivity contribution in [2.75, 3.05) is 0 Å². The summed E-state index contributed by atoms with van der Waals surface area (Å²) in [4.78, 5) is 0. The Hall–Kier alpha value is -7.62. The maximum absolute atomic E-state index is 6.90. The molecule has 1 atom stereocenters. The SMILES string of the molecule is c1ccc(-n2c3ccccc3c3c4cccc(-c5ccc(CC(Cc6ccc(-c7cccc8ccccc78)cc6)c6cccc7c6oc6ccccc67)cc5)c4oc32)cc1. The normalized spacial score (nSPS) is 12.4. The van der Waals surface area contributed by atoms with E-state index in [1.165, 1.54) is 49.4 Å². The Kier molecular flexibility index (Phi) is 8.05. The molecule has 3 aromatic heterocycles. The minimum absolute atomic E-state index is 0.184. The number of hydrogen-bond donors (Lipinski definition) is 0. The first-order chi connectivity index (χ1) is 29.7. The summed E-state index contributed by atoms with van der Waals surface area (Å²) in [6.45, 7) is 0. The molecule has 12 aromatic rings. The zero-order chi connectivity index (χ0) is 39.6. The molecular formula is C57H39NO2. The maximum Gasteiger partial charge on any atom is 0.213 e. The van der Waals surface area contributed by atoms with Crippen LogP contribution in [-0.4, -0.2) is 4.57 Å². The third-order valence-electron chi connectivity index (χ3n) is 12.5. The summed E-state index contributed by atoms with van der Waals surface area (Å²) in [5.41, 5.74) is 14.5. The zero-order valence-electron chi connectivity index (χ0n) is 32.9. The summed E-state index contributed by atoms with van der Waals surface area (Å²) in [5.74, 6) is 0.184. The number of aromatic nitrogens is 1. The molecule has 9 aromatic carbocycles. The van der Waals surface area contributed by atoms with Gasteiger partial charge in [-0.3, -0.25) is 4.57 Å². The summed E-state index contributed by atoms with van der Waals surface area (Å²) in [6.07, 6.45) is 1.74. The van der Waals surface area contributed by atoms with Crippen LogP contribution in [0.4, 0.5) is 0 Å². The van der Waals surface area contributed by atoms with E-state index in [0.29, 0.717) is 0 Å². The van der Waals surface area contributed by atoms with E-state index in [2.05, 4.69) is 211 Å². The third kappa shape index (κ3) is 5.66. The van der Waals surface area contributed by atoms with Crippen LogP contribution in [0.5, 0.6) is 0 Å². The fraction of sp³-hybridized carbons (Fsp3) is 0.0526. The first kappa shape index (κ1) is 34.4. The Labute approximate surface area is 347 Å². The Bertz CT molecular complexity index is 3530. The molecule has 0 fully saturated rings. The van der Waals surface area contributed by atoms with Gasteiger partial charge >= 0.3 is 0 Å². The molecule has 0 aliphatic rings. The molecule has 3 nitrogen and oxygen atoms in total. The first-order valence-electron chi connectivity index (χ1n) is 20.8. The second kappa shape index (κ2) is 14.0. The van der Waals surface area contributed by atoms with Crippen molar-refractivity contribution in [3.63, 3.8) is 0 Å². The number of furan rings is 2. The lowest BCUT2D eigenvalue weighted by Gasteiger charge is -2.19. The number of nitrogens with zero attached hydrogens (tertiary/aromatic N) is 1. The van der Waals surface area contributed by atoms with Crippen LogP contribution in [0.25, 0.3) is 93.6 Å². The van der Waals surface area contributed by atoms with E-state index >= 15 is 0 Å². The number of hydrogen-bond acceptors (Lipinski definition) is 2. The van der Waals surface area contributed by atoms with Crippen molar-refractivity contribution in [3.8, 4) is 27.9 Å². The Morgan fingerprint density at radius 1 is 0.400 bits per heavy atom. The predicted octanol–water partition coefficient (Wildman–Crippen LogP) is 15.5. The standard InChI is InChI=1S/C57H39NO2/c1-2-15-43(16-3-1)58-52-25-8-6-19-50(52)54-51-24-12-21-46(56(51)60-57(54)58)41-33-29-38(30-34-41)36-42(47-22-11-23-49-48-18-7-9-26-53(48)59-55(47)49)35-37-27-31-40(32-28-37)45-20-10-14-39-13-4-5-17-44(39)45/h1-34,42H,35-36H2. The van der Waals surface area contributed by atoms with Gasteiger partial charge in [0, 0.05) is 32.8 Å². The molecule has 3 heteroatoms. The van der Waals surface area contributed by atoms with E-state index < -0.39 is 0 Å². The minimum Gasteiger partial charge on any atom is -0.456 e. The lowest BCUT2D eigenvalue weighted by molar-refractivity contribution is 0.631. The molecule has 0 aliphatic heterocycles. The highest BCUT2D eigenvalue weighted by molar-refractivity contribution is 6.21. The molecule has 0 saturated carbocycles. The number of benzene rings is 9. The highest BCUT2D eigenvalue weighted by Crippen LogP contribution is 2.43. The van der Waals surface area contributed by atoms with Crippen molar-refractivity contribution in [2.24, 2.45) is 0 Å². The summed E-state index contributed by atoms with van der Waals surface area (Å²) < 4.78 is 15.8. The Morgan fingerprint density at radius 2 is 0.983 bits per heavy atom. The molecule has 60 heavy (non-hydrogen) atoms. The average Bonchev–Trinajstić information content (AvgIpc) is 3.99. The summed E-state index contributed by atoms with van der Waals surface area (Å²) in [6, 6.07) is 74.2. The monoisotopic (exact) mass is 769 g/mol. The maximum atomic E-state index is 6.90. The molecule has 3 heterocycles. The Balaban J connectivity index is 0.917. The number of fused-ring (bicyclic) bond motifs is 9. The lowest BCUT2D eigenvalue weighted by Crippen LogP contribution is -2.07. The van der Waals surface area contributed by atoms with Crippen molar-refractivity contribution >= 4 is 65.7 Å². The van der Waals surface area contributed by atoms with E-state index in [9.17, 15) is 0 Å². The molecule has 0 amide bonds. The van der Waals surface area contributed by atoms with E-state index in [1.54, 1.807) is 0 Å². The molecule has 0 N–H and O–H groups in total. The van der Waals surface area contributed by atoms with Crippen molar-refractivity contribution in [2.45, 2.75) is 18.8 Å². The van der Waals surface area contributed by atoms with Gasteiger partial charge in [-0.1, -0.05) is 182 Å². The smallest absolute Gasteiger partial charge is 0.213 e. The fourth-order valence-corrected chi connectivity index (χ4v) is 9.64. The Morgan fingerprint density at radius 3 is 1.78 bits per heavy atom. The van der Waals surface area contributed by atoms with Gasteiger partial charge in [0.15, 0.2) is 0 Å². The molecule has 0 radical (unpaired) electrons. The van der Waals surface area contributed by atoms with Crippen LogP contribution in [-0.2, 0) is 12.8 Å². The topological polar surface area (TPSA) is 31.2 Å². The van der Waals surface area contributed by atoms with Gasteiger partial charge in [-0.2, -0.15) is 0 Å². The van der Waals surface area contributed by atoms with Crippen LogP contribution in [0.3, 0.4) is 0 Å². The summed E-state index contributed by atoms with van der Waals surface area (Å²) in [5, 5.41) is 8.33. The zero-order valence-corrected chi connectivity index (χ0v) is 32.9. The van der Waals surface area contributed by atoms with Crippen molar-refractivity contribution in [1.29, 1.82) is 0 Å². The highest BCUT2D eigenvalue weighted by Gasteiger charge is 2.23. The van der Waals surface area contributed by atoms with Crippen molar-refractivity contribution in [1.82, 2.24) is 4.57 Å². The van der Waals surface area contributed by atoms with E-state index in [1.807, 2.05) is 0 Å². The van der Waals surface area contributed by atoms with Crippen LogP contribution in [0.2, 0.25) is 0 Å². The van der Waals surface area contributed by atoms with Crippen LogP contribution >= 0.6 is 0 Å². The molecule has 0 spiro atoms. The van der Waals surface area contributed by atoms with Gasteiger partial charge in [0.25, 0.3) is 0 Å². The quantitative estimate of drug-likeness (QED) is 0.154. The van der Waals surface area contributed by atoms with E-state index in [4.69, 9.17) is 8.83 Å². The largest absolute Gasteiger partial charge is 0.456 e. The molecule has 0 aliphatic carbocycles. The predicted molar refractivity (Wildman–Crippen MR) is 249 cm³/mol. The van der Waals surface area contributed by atoms with Gasteiger partial charge in [0.2, 0.25) is 5.71 Å². The number of rotatable bonds is 8. The van der Waals surface area contributed by atoms with Crippen LogP contribution in [0, 0.1) is 0 Å². The van der Waals surface area contributed by atoms with Crippen LogP contribution in [0.1, 0.15) is 22.6 Å². The second-order valence-corrected chi connectivity index (χ2v) is 16.0. The van der Waals surface area contributed by atoms with E-state index in [-0.39, 0.29) is 5.92 Å². The van der Waals surface area contributed by atoms with Crippen LogP contribution < -0.4 is 0 Å². The molecule has 0 saturated heterocycles. The molecule has 284 valence electrons. The third-order valence-corrected chi connectivity index (χ3v) is 12.5. The fourth-order valence-electron chi connectivity index (χ4n) is 9.64. The lowest BCUT2D eigenvalue weighted by atomic mass is 9.85.